The number of hydrogen-bond donors (Lipinski definition) is 2. The van der Waals surface area contributed by atoms with Gasteiger partial charge in [-0.15, -0.1) is 0 Å². The summed E-state index contributed by atoms with van der Waals surface area (Å²) in [6.45, 7) is 1.91. The lowest BCUT2D eigenvalue weighted by molar-refractivity contribution is 0.0942. The first-order valence-electron chi connectivity index (χ1n) is 9.54. The van der Waals surface area contributed by atoms with E-state index >= 15 is 0 Å². The van der Waals surface area contributed by atoms with Crippen LogP contribution in [0, 0.1) is 0 Å². The van der Waals surface area contributed by atoms with Crippen molar-refractivity contribution in [2.75, 3.05) is 13.7 Å². The van der Waals surface area contributed by atoms with Gasteiger partial charge in [0.1, 0.15) is 10.6 Å². The van der Waals surface area contributed by atoms with Gasteiger partial charge < -0.3 is 10.1 Å². The van der Waals surface area contributed by atoms with Crippen molar-refractivity contribution in [2.24, 2.45) is 0 Å². The number of carbonyl (C=O) groups is 1. The van der Waals surface area contributed by atoms with Crippen LogP contribution in [0.25, 0.3) is 0 Å². The van der Waals surface area contributed by atoms with Crippen LogP contribution in [0.1, 0.15) is 34.5 Å². The molecule has 3 rings (SSSR count). The third-order valence-corrected chi connectivity index (χ3v) is 6.16. The Hall–Kier alpha value is -3.16. The lowest BCUT2D eigenvalue weighted by Crippen LogP contribution is -2.30. The van der Waals surface area contributed by atoms with Gasteiger partial charge in [-0.1, -0.05) is 67.6 Å². The molecule has 0 fully saturated rings. The van der Waals surface area contributed by atoms with Crippen molar-refractivity contribution in [3.8, 4) is 5.75 Å². The Morgan fingerprint density at radius 1 is 0.933 bits per heavy atom. The van der Waals surface area contributed by atoms with E-state index in [9.17, 15) is 13.2 Å². The summed E-state index contributed by atoms with van der Waals surface area (Å²) < 4.78 is 32.7. The average Bonchev–Trinajstić information content (AvgIpc) is 2.78. The van der Waals surface area contributed by atoms with E-state index in [0.717, 1.165) is 11.1 Å². The highest BCUT2D eigenvalue weighted by Crippen LogP contribution is 2.26. The molecule has 3 aromatic carbocycles. The van der Waals surface area contributed by atoms with Crippen LogP contribution < -0.4 is 14.8 Å². The molecule has 0 bridgehead atoms. The smallest absolute Gasteiger partial charge is 0.252 e. The molecule has 2 N–H and O–H groups in total. The van der Waals surface area contributed by atoms with E-state index in [-0.39, 0.29) is 34.7 Å². The molecule has 0 heterocycles. The number of benzene rings is 3. The Bertz CT molecular complexity index is 1060. The van der Waals surface area contributed by atoms with Gasteiger partial charge in [-0.3, -0.25) is 4.79 Å². The fourth-order valence-electron chi connectivity index (χ4n) is 3.16. The van der Waals surface area contributed by atoms with Gasteiger partial charge in [0.25, 0.3) is 5.91 Å². The second-order valence-corrected chi connectivity index (χ2v) is 8.33. The first-order valence-corrected chi connectivity index (χ1v) is 11.0. The number of hydrogen-bond acceptors (Lipinski definition) is 4. The van der Waals surface area contributed by atoms with Crippen LogP contribution in [-0.4, -0.2) is 28.0 Å². The lowest BCUT2D eigenvalue weighted by Gasteiger charge is -2.20. The summed E-state index contributed by atoms with van der Waals surface area (Å²) in [4.78, 5) is 13.0. The predicted molar refractivity (Wildman–Crippen MR) is 116 cm³/mol. The molecule has 0 unspecified atom stereocenters. The number of ether oxygens (including phenoxy) is 1. The molecule has 156 valence electrons. The highest BCUT2D eigenvalue weighted by molar-refractivity contribution is 7.89. The molecular formula is C23H24N2O4S. The van der Waals surface area contributed by atoms with Crippen molar-refractivity contribution < 1.29 is 17.9 Å². The molecule has 0 radical (unpaired) electrons. The number of carbonyl (C=O) groups excluding carboxylic acids is 1. The Balaban J connectivity index is 1.97. The van der Waals surface area contributed by atoms with E-state index in [4.69, 9.17) is 4.74 Å². The molecule has 1 amide bonds. The molecule has 0 aliphatic carbocycles. The minimum absolute atomic E-state index is 0.0736. The van der Waals surface area contributed by atoms with Crippen molar-refractivity contribution in [1.82, 2.24) is 10.0 Å². The molecule has 0 atom stereocenters. The molecule has 6 nitrogen and oxygen atoms in total. The summed E-state index contributed by atoms with van der Waals surface area (Å²) in [5.41, 5.74) is 2.07. The number of sulfonamides is 1. The zero-order valence-corrected chi connectivity index (χ0v) is 17.6. The van der Waals surface area contributed by atoms with Gasteiger partial charge in [0.05, 0.1) is 13.2 Å². The van der Waals surface area contributed by atoms with Crippen molar-refractivity contribution in [3.05, 3.63) is 95.6 Å². The Morgan fingerprint density at radius 3 is 2.00 bits per heavy atom. The number of amides is 1. The standard InChI is InChI=1S/C23H24N2O4S/c1-3-24-30(27,28)21-16-19(14-15-20(21)29-2)23(26)25-22(17-10-6-4-7-11-17)18-12-8-5-9-13-18/h4-16,22,24H,3H2,1-2H3,(H,25,26). The van der Waals surface area contributed by atoms with E-state index in [1.165, 1.54) is 19.2 Å². The molecule has 30 heavy (non-hydrogen) atoms. The summed E-state index contributed by atoms with van der Waals surface area (Å²) >= 11 is 0. The van der Waals surface area contributed by atoms with E-state index in [1.807, 2.05) is 60.7 Å². The van der Waals surface area contributed by atoms with Crippen molar-refractivity contribution in [2.45, 2.75) is 17.9 Å². The van der Waals surface area contributed by atoms with Crippen LogP contribution in [0.2, 0.25) is 0 Å². The number of nitrogens with one attached hydrogen (secondary N) is 2. The number of methoxy groups -OCH3 is 1. The largest absolute Gasteiger partial charge is 0.495 e. The fraction of sp³-hybridized carbons (Fsp3) is 0.174. The van der Waals surface area contributed by atoms with Gasteiger partial charge in [-0.2, -0.15) is 0 Å². The lowest BCUT2D eigenvalue weighted by atomic mass is 9.98. The summed E-state index contributed by atoms with van der Waals surface area (Å²) in [6, 6.07) is 23.2. The molecule has 0 saturated heterocycles. The van der Waals surface area contributed by atoms with Gasteiger partial charge in [0.15, 0.2) is 0 Å². The van der Waals surface area contributed by atoms with E-state index in [2.05, 4.69) is 10.0 Å². The second kappa shape index (κ2) is 9.56. The van der Waals surface area contributed by atoms with E-state index in [1.54, 1.807) is 13.0 Å². The van der Waals surface area contributed by atoms with Gasteiger partial charge in [-0.25, -0.2) is 13.1 Å². The minimum atomic E-state index is -3.80. The summed E-state index contributed by atoms with van der Waals surface area (Å²) in [5, 5.41) is 3.02. The molecule has 0 saturated carbocycles. The summed E-state index contributed by atoms with van der Waals surface area (Å²) in [6.07, 6.45) is 0. The first kappa shape index (κ1) is 21.5. The van der Waals surface area contributed by atoms with Gasteiger partial charge >= 0.3 is 0 Å². The highest BCUT2D eigenvalue weighted by atomic mass is 32.2. The normalized spacial score (nSPS) is 11.3. The molecule has 0 aliphatic heterocycles. The zero-order valence-electron chi connectivity index (χ0n) is 16.8. The van der Waals surface area contributed by atoms with Crippen molar-refractivity contribution >= 4 is 15.9 Å². The van der Waals surface area contributed by atoms with Gasteiger partial charge in [-0.05, 0) is 29.3 Å². The zero-order chi connectivity index (χ0) is 21.6. The Labute approximate surface area is 177 Å². The minimum Gasteiger partial charge on any atom is -0.495 e. The Kier molecular flexibility index (Phi) is 6.87. The third kappa shape index (κ3) is 4.87. The monoisotopic (exact) mass is 424 g/mol. The number of rotatable bonds is 8. The quantitative estimate of drug-likeness (QED) is 0.580. The summed E-state index contributed by atoms with van der Waals surface area (Å²) in [5.74, 6) is -0.210. The van der Waals surface area contributed by atoms with Crippen LogP contribution in [0.5, 0.6) is 5.75 Å². The van der Waals surface area contributed by atoms with Crippen molar-refractivity contribution in [1.29, 1.82) is 0 Å². The second-order valence-electron chi connectivity index (χ2n) is 6.59. The molecule has 0 aromatic heterocycles. The maximum atomic E-state index is 13.1. The fourth-order valence-corrected chi connectivity index (χ4v) is 4.39. The molecular weight excluding hydrogens is 400 g/mol. The molecule has 3 aromatic rings. The third-order valence-electron chi connectivity index (χ3n) is 4.59. The van der Waals surface area contributed by atoms with Crippen molar-refractivity contribution in [3.63, 3.8) is 0 Å². The Morgan fingerprint density at radius 2 is 1.50 bits per heavy atom. The van der Waals surface area contributed by atoms with Crippen LogP contribution in [-0.2, 0) is 10.0 Å². The van der Waals surface area contributed by atoms with Crippen LogP contribution in [0.15, 0.2) is 83.8 Å². The molecule has 7 heteroatoms. The highest BCUT2D eigenvalue weighted by Gasteiger charge is 2.23. The molecule has 0 aliphatic rings. The topological polar surface area (TPSA) is 84.5 Å². The maximum absolute atomic E-state index is 13.1. The van der Waals surface area contributed by atoms with Crippen LogP contribution in [0.3, 0.4) is 0 Å². The average molecular weight is 425 g/mol. The van der Waals surface area contributed by atoms with Gasteiger partial charge in [0.2, 0.25) is 10.0 Å². The molecule has 0 spiro atoms. The van der Waals surface area contributed by atoms with Gasteiger partial charge in [0, 0.05) is 12.1 Å². The predicted octanol–water partition coefficient (Wildman–Crippen LogP) is 3.51. The first-order chi connectivity index (χ1) is 14.5. The van der Waals surface area contributed by atoms with Crippen LogP contribution in [0.4, 0.5) is 0 Å². The SMILES string of the molecule is CCNS(=O)(=O)c1cc(C(=O)NC(c2ccccc2)c2ccccc2)ccc1OC. The summed E-state index contributed by atoms with van der Waals surface area (Å²) in [7, 11) is -2.41. The van der Waals surface area contributed by atoms with E-state index < -0.39 is 10.0 Å². The van der Waals surface area contributed by atoms with E-state index in [0.29, 0.717) is 0 Å². The van der Waals surface area contributed by atoms with Crippen LogP contribution >= 0.6 is 0 Å². The maximum Gasteiger partial charge on any atom is 0.252 e.